The van der Waals surface area contributed by atoms with Crippen LogP contribution in [0.1, 0.15) is 23.6 Å². The van der Waals surface area contributed by atoms with Crippen molar-refractivity contribution in [2.75, 3.05) is 6.61 Å². The first-order chi connectivity index (χ1) is 17.6. The fraction of sp³-hybridized carbons (Fsp3) is 0.345. The van der Waals surface area contributed by atoms with Crippen LogP contribution in [0.5, 0.6) is 0 Å². The fourth-order valence-electron chi connectivity index (χ4n) is 4.11. The van der Waals surface area contributed by atoms with E-state index in [2.05, 4.69) is 0 Å². The first-order valence-corrected chi connectivity index (χ1v) is 12.0. The highest BCUT2D eigenvalue weighted by molar-refractivity contribution is 5.66. The molecule has 1 heterocycles. The molecule has 7 heteroatoms. The number of halogens is 1. The minimum atomic E-state index is -1.89. The van der Waals surface area contributed by atoms with Crippen LogP contribution in [0.15, 0.2) is 91.0 Å². The Kier molecular flexibility index (Phi) is 9.58. The Morgan fingerprint density at radius 3 is 1.69 bits per heavy atom. The Bertz CT molecular complexity index is 1050. The van der Waals surface area contributed by atoms with Gasteiger partial charge in [-0.15, -0.1) is 0 Å². The molecule has 3 unspecified atom stereocenters. The van der Waals surface area contributed by atoms with Gasteiger partial charge in [-0.25, -0.2) is 4.39 Å². The van der Waals surface area contributed by atoms with Gasteiger partial charge in [0.15, 0.2) is 6.10 Å². The molecule has 0 N–H and O–H groups in total. The smallest absolute Gasteiger partial charge is 0.303 e. The van der Waals surface area contributed by atoms with Gasteiger partial charge in [0.2, 0.25) is 6.36 Å². The molecular formula is C29H31FO6. The molecule has 0 radical (unpaired) electrons. The molecule has 3 aromatic carbocycles. The number of carbonyl (C=O) groups is 1. The first-order valence-electron chi connectivity index (χ1n) is 12.0. The molecule has 0 aromatic heterocycles. The summed E-state index contributed by atoms with van der Waals surface area (Å²) in [6, 6.07) is 28.8. The molecule has 0 amide bonds. The highest BCUT2D eigenvalue weighted by atomic mass is 19.1. The van der Waals surface area contributed by atoms with Crippen molar-refractivity contribution in [3.63, 3.8) is 0 Å². The number of ether oxygens (including phenoxy) is 5. The van der Waals surface area contributed by atoms with Crippen molar-refractivity contribution in [2.24, 2.45) is 0 Å². The van der Waals surface area contributed by atoms with Crippen LogP contribution in [-0.4, -0.2) is 43.3 Å². The highest BCUT2D eigenvalue weighted by Crippen LogP contribution is 2.31. The largest absolute Gasteiger partial charge is 0.454 e. The van der Waals surface area contributed by atoms with Crippen LogP contribution >= 0.6 is 0 Å². The predicted molar refractivity (Wildman–Crippen MR) is 131 cm³/mol. The number of alkyl halides is 1. The zero-order valence-electron chi connectivity index (χ0n) is 20.2. The predicted octanol–water partition coefficient (Wildman–Crippen LogP) is 5.00. The van der Waals surface area contributed by atoms with Gasteiger partial charge in [0.25, 0.3) is 0 Å². The molecule has 0 spiro atoms. The molecule has 4 rings (SSSR count). The average molecular weight is 495 g/mol. The zero-order valence-corrected chi connectivity index (χ0v) is 20.2. The second-order valence-corrected chi connectivity index (χ2v) is 8.62. The number of benzene rings is 3. The second-order valence-electron chi connectivity index (χ2n) is 8.62. The van der Waals surface area contributed by atoms with Gasteiger partial charge >= 0.3 is 5.97 Å². The van der Waals surface area contributed by atoms with Crippen molar-refractivity contribution in [2.45, 2.75) is 57.5 Å². The molecule has 36 heavy (non-hydrogen) atoms. The zero-order chi connectivity index (χ0) is 25.2. The minimum Gasteiger partial charge on any atom is -0.454 e. The van der Waals surface area contributed by atoms with E-state index in [-0.39, 0.29) is 19.8 Å². The molecule has 190 valence electrons. The van der Waals surface area contributed by atoms with Crippen LogP contribution in [0, 0.1) is 0 Å². The third kappa shape index (κ3) is 7.45. The lowest BCUT2D eigenvalue weighted by atomic mass is 9.98. The average Bonchev–Trinajstić information content (AvgIpc) is 2.90. The van der Waals surface area contributed by atoms with Crippen molar-refractivity contribution < 1.29 is 32.9 Å². The van der Waals surface area contributed by atoms with E-state index in [0.29, 0.717) is 6.61 Å². The summed E-state index contributed by atoms with van der Waals surface area (Å²) < 4.78 is 44.5. The van der Waals surface area contributed by atoms with Crippen molar-refractivity contribution in [1.82, 2.24) is 0 Å². The van der Waals surface area contributed by atoms with Gasteiger partial charge in [0.05, 0.1) is 26.4 Å². The maximum Gasteiger partial charge on any atom is 0.303 e. The van der Waals surface area contributed by atoms with E-state index in [1.165, 1.54) is 6.92 Å². The molecule has 0 bridgehead atoms. The third-order valence-electron chi connectivity index (χ3n) is 5.84. The Morgan fingerprint density at radius 1 is 0.722 bits per heavy atom. The number of hydrogen-bond acceptors (Lipinski definition) is 6. The van der Waals surface area contributed by atoms with Gasteiger partial charge in [-0.3, -0.25) is 4.79 Å². The quantitative estimate of drug-likeness (QED) is 0.350. The van der Waals surface area contributed by atoms with Gasteiger partial charge in [-0.2, -0.15) is 0 Å². The lowest BCUT2D eigenvalue weighted by Crippen LogP contribution is -2.60. The standard InChI is InChI=1S/C29H31FO6/c1-21(31)35-28-27(34-19-24-15-9-4-10-16-24)26(33-18-23-13-7-3-8-14-23)25(36-29(28)30)20-32-17-22-11-5-2-6-12-22/h2-16,25-29H,17-20H2,1H3/t25?,26-,27?,28?,29-/m1/s1. The summed E-state index contributed by atoms with van der Waals surface area (Å²) in [7, 11) is 0. The second kappa shape index (κ2) is 13.3. The Hall–Kier alpha value is -3.10. The van der Waals surface area contributed by atoms with E-state index in [4.69, 9.17) is 23.7 Å². The molecule has 5 atom stereocenters. The lowest BCUT2D eigenvalue weighted by molar-refractivity contribution is -0.291. The van der Waals surface area contributed by atoms with E-state index in [1.807, 2.05) is 91.0 Å². The molecule has 1 fully saturated rings. The van der Waals surface area contributed by atoms with Crippen LogP contribution in [0.4, 0.5) is 4.39 Å². The van der Waals surface area contributed by atoms with E-state index >= 15 is 4.39 Å². The number of carbonyl (C=O) groups excluding carboxylic acids is 1. The van der Waals surface area contributed by atoms with Crippen molar-refractivity contribution in [3.8, 4) is 0 Å². The van der Waals surface area contributed by atoms with Crippen molar-refractivity contribution in [3.05, 3.63) is 108 Å². The van der Waals surface area contributed by atoms with Gasteiger partial charge in [0, 0.05) is 6.92 Å². The molecule has 6 nitrogen and oxygen atoms in total. The maximum atomic E-state index is 15.2. The van der Waals surface area contributed by atoms with Crippen LogP contribution in [0.3, 0.4) is 0 Å². The summed E-state index contributed by atoms with van der Waals surface area (Å²) in [6.07, 6.45) is -5.61. The van der Waals surface area contributed by atoms with Gasteiger partial charge < -0.3 is 23.7 Å². The van der Waals surface area contributed by atoms with Crippen molar-refractivity contribution in [1.29, 1.82) is 0 Å². The summed E-state index contributed by atoms with van der Waals surface area (Å²) in [6.45, 7) is 2.09. The lowest BCUT2D eigenvalue weighted by Gasteiger charge is -2.43. The van der Waals surface area contributed by atoms with E-state index in [9.17, 15) is 4.79 Å². The van der Waals surface area contributed by atoms with Gasteiger partial charge in [0.1, 0.15) is 18.3 Å². The van der Waals surface area contributed by atoms with Crippen LogP contribution in [-0.2, 0) is 48.3 Å². The van der Waals surface area contributed by atoms with Crippen LogP contribution < -0.4 is 0 Å². The number of esters is 1. The number of rotatable bonds is 11. The Morgan fingerprint density at radius 2 is 1.19 bits per heavy atom. The summed E-state index contributed by atoms with van der Waals surface area (Å²) in [4.78, 5) is 11.8. The molecule has 1 aliphatic heterocycles. The fourth-order valence-corrected chi connectivity index (χ4v) is 4.11. The molecule has 1 aliphatic rings. The Labute approximate surface area is 210 Å². The summed E-state index contributed by atoms with van der Waals surface area (Å²) >= 11 is 0. The molecule has 0 saturated carbocycles. The summed E-state index contributed by atoms with van der Waals surface area (Å²) in [5.74, 6) is -0.625. The minimum absolute atomic E-state index is 0.0761. The summed E-state index contributed by atoms with van der Waals surface area (Å²) in [5.41, 5.74) is 2.83. The van der Waals surface area contributed by atoms with Crippen molar-refractivity contribution >= 4 is 5.97 Å². The van der Waals surface area contributed by atoms with Gasteiger partial charge in [-0.1, -0.05) is 91.0 Å². The molecule has 1 saturated heterocycles. The summed E-state index contributed by atoms with van der Waals surface area (Å²) in [5, 5.41) is 0. The number of hydrogen-bond donors (Lipinski definition) is 0. The topological polar surface area (TPSA) is 63.2 Å². The van der Waals surface area contributed by atoms with Crippen LogP contribution in [0.25, 0.3) is 0 Å². The maximum absolute atomic E-state index is 15.2. The molecule has 0 aliphatic carbocycles. The van der Waals surface area contributed by atoms with Crippen LogP contribution in [0.2, 0.25) is 0 Å². The highest BCUT2D eigenvalue weighted by Gasteiger charge is 2.50. The monoisotopic (exact) mass is 494 g/mol. The van der Waals surface area contributed by atoms with E-state index in [0.717, 1.165) is 16.7 Å². The first kappa shape index (κ1) is 26.0. The third-order valence-corrected chi connectivity index (χ3v) is 5.84. The normalized spacial score (nSPS) is 23.8. The van der Waals surface area contributed by atoms with E-state index in [1.54, 1.807) is 0 Å². The SMILES string of the molecule is CC(=O)OC1C(OCc2ccccc2)[C@H](OCc2ccccc2)C(COCc2ccccc2)O[C@H]1F. The van der Waals surface area contributed by atoms with Gasteiger partial charge in [-0.05, 0) is 16.7 Å². The van der Waals surface area contributed by atoms with E-state index < -0.39 is 36.7 Å². The Balaban J connectivity index is 1.53. The molecule has 3 aromatic rings. The molecular weight excluding hydrogens is 463 g/mol.